The third-order valence-corrected chi connectivity index (χ3v) is 8.40. The van der Waals surface area contributed by atoms with Crippen LogP contribution in [0.5, 0.6) is 0 Å². The molecule has 2 aromatic heterocycles. The number of rotatable bonds is 12. The van der Waals surface area contributed by atoms with Crippen molar-refractivity contribution in [3.8, 4) is 0 Å². The lowest BCUT2D eigenvalue weighted by Gasteiger charge is -2.19. The average Bonchev–Trinajstić information content (AvgIpc) is 3.44. The van der Waals surface area contributed by atoms with Gasteiger partial charge in [-0.05, 0) is 12.1 Å². The Hall–Kier alpha value is -3.35. The van der Waals surface area contributed by atoms with E-state index in [2.05, 4.69) is 34.4 Å². The number of aliphatic hydroxyl groups excluding tert-OH is 2. The number of phosphoric ester groups is 1. The summed E-state index contributed by atoms with van der Waals surface area (Å²) >= 11 is 0. The summed E-state index contributed by atoms with van der Waals surface area (Å²) in [5.74, 6) is -1.31. The first-order chi connectivity index (χ1) is 19.3. The van der Waals surface area contributed by atoms with Crippen molar-refractivity contribution in [2.75, 3.05) is 30.1 Å². The van der Waals surface area contributed by atoms with Gasteiger partial charge in [0.2, 0.25) is 0 Å². The van der Waals surface area contributed by atoms with Crippen molar-refractivity contribution < 1.29 is 57.4 Å². The minimum atomic E-state index is -5.20. The number of carbonyl (C=O) groups excluding carboxylic acids is 1. The van der Waals surface area contributed by atoms with Gasteiger partial charge in [-0.15, -0.1) is 0 Å². The molecule has 1 aliphatic heterocycles. The average molecular weight is 617 g/mol. The maximum atomic E-state index is 12.4. The second-order valence-electron chi connectivity index (χ2n) is 8.50. The fourth-order valence-corrected chi connectivity index (χ4v) is 6.14. The second kappa shape index (κ2) is 12.7. The number of carboxylic acids is 1. The van der Waals surface area contributed by atoms with E-state index in [1.165, 1.54) is 10.9 Å². The van der Waals surface area contributed by atoms with E-state index in [1.54, 1.807) is 30.3 Å². The van der Waals surface area contributed by atoms with Crippen LogP contribution in [-0.2, 0) is 27.5 Å². The number of amides is 2. The van der Waals surface area contributed by atoms with Gasteiger partial charge in [0.25, 0.3) is 0 Å². The van der Waals surface area contributed by atoms with Crippen LogP contribution in [0.1, 0.15) is 6.23 Å². The molecule has 6 atom stereocenters. The van der Waals surface area contributed by atoms with Gasteiger partial charge in [0.1, 0.15) is 24.6 Å². The first-order valence-electron chi connectivity index (χ1n) is 11.6. The number of nitrogens with zero attached hydrogens (tertiary/aromatic N) is 4. The maximum Gasteiger partial charge on any atom is 0.479 e. The third kappa shape index (κ3) is 7.90. The Kier molecular flexibility index (Phi) is 9.45. The molecule has 0 bridgehead atoms. The van der Waals surface area contributed by atoms with Crippen LogP contribution in [0.3, 0.4) is 0 Å². The number of benzene rings is 1. The van der Waals surface area contributed by atoms with Crippen molar-refractivity contribution in [1.29, 1.82) is 0 Å². The SMILES string of the molecule is O=C(O)CNCP(=O)(O)OP(=O)(O)OC[C@H]1O[C@@H](n2cnc3c(NC(=O)Nc4ccccc4)ncnc32)[C@@H](O)C1O. The van der Waals surface area contributed by atoms with Crippen molar-refractivity contribution in [3.63, 3.8) is 0 Å². The Morgan fingerprint density at radius 1 is 1.05 bits per heavy atom. The molecule has 1 aliphatic rings. The lowest BCUT2D eigenvalue weighted by molar-refractivity contribution is -0.135. The zero-order valence-electron chi connectivity index (χ0n) is 20.7. The molecule has 0 aliphatic carbocycles. The van der Waals surface area contributed by atoms with Gasteiger partial charge < -0.3 is 35.2 Å². The summed E-state index contributed by atoms with van der Waals surface area (Å²) in [6.07, 6.45) is -4.66. The number of aliphatic hydroxyl groups is 2. The topological polar surface area (TPSA) is 277 Å². The van der Waals surface area contributed by atoms with Gasteiger partial charge in [-0.2, -0.15) is 0 Å². The Balaban J connectivity index is 1.40. The van der Waals surface area contributed by atoms with Crippen molar-refractivity contribution >= 4 is 50.1 Å². The molecular formula is C20H25N7O12P2. The molecule has 2 amide bonds. The number of phosphoric acid groups is 1. The highest BCUT2D eigenvalue weighted by Crippen LogP contribution is 2.59. The molecule has 41 heavy (non-hydrogen) atoms. The van der Waals surface area contributed by atoms with Crippen LogP contribution < -0.4 is 16.0 Å². The van der Waals surface area contributed by atoms with Crippen LogP contribution >= 0.6 is 15.4 Å². The lowest BCUT2D eigenvalue weighted by atomic mass is 10.1. The van der Waals surface area contributed by atoms with Crippen LogP contribution in [0.4, 0.5) is 16.3 Å². The summed E-state index contributed by atoms with van der Waals surface area (Å²) in [5.41, 5.74) is 0.739. The molecule has 3 heterocycles. The molecule has 21 heteroatoms. The van der Waals surface area contributed by atoms with Gasteiger partial charge in [-0.1, -0.05) is 18.2 Å². The Bertz CT molecular complexity index is 1490. The number of anilines is 2. The lowest BCUT2D eigenvalue weighted by Crippen LogP contribution is -2.33. The minimum absolute atomic E-state index is 0.0275. The quantitative estimate of drug-likeness (QED) is 0.125. The second-order valence-corrected chi connectivity index (χ2v) is 11.9. The number of imidazole rings is 1. The maximum absolute atomic E-state index is 12.4. The molecule has 1 saturated heterocycles. The van der Waals surface area contributed by atoms with Gasteiger partial charge in [-0.3, -0.25) is 29.1 Å². The highest BCUT2D eigenvalue weighted by Gasteiger charge is 2.46. The predicted molar refractivity (Wildman–Crippen MR) is 138 cm³/mol. The first kappa shape index (κ1) is 30.6. The first-order valence-corrected chi connectivity index (χ1v) is 14.9. The number of aliphatic carboxylic acids is 1. The number of fused-ring (bicyclic) bond motifs is 1. The van der Waals surface area contributed by atoms with E-state index in [0.717, 1.165) is 6.33 Å². The molecular weight excluding hydrogens is 592 g/mol. The smallest absolute Gasteiger partial charge is 0.479 e. The number of para-hydroxylation sites is 1. The molecule has 1 fully saturated rings. The van der Waals surface area contributed by atoms with E-state index in [4.69, 9.17) is 9.84 Å². The number of hydrogen-bond acceptors (Lipinski definition) is 13. The number of carboxylic acid groups (broad SMARTS) is 1. The van der Waals surface area contributed by atoms with Gasteiger partial charge in [0, 0.05) is 5.69 Å². The van der Waals surface area contributed by atoms with Crippen LogP contribution in [-0.4, -0.2) is 94.4 Å². The highest BCUT2D eigenvalue weighted by molar-refractivity contribution is 7.63. The van der Waals surface area contributed by atoms with E-state index < -0.39 is 71.4 Å². The number of carbonyl (C=O) groups is 2. The summed E-state index contributed by atoms with van der Waals surface area (Å²) < 4.78 is 39.8. The Morgan fingerprint density at radius 3 is 2.49 bits per heavy atom. The third-order valence-electron chi connectivity index (χ3n) is 5.45. The van der Waals surface area contributed by atoms with Crippen LogP contribution in [0.2, 0.25) is 0 Å². The van der Waals surface area contributed by atoms with Crippen LogP contribution in [0.15, 0.2) is 43.0 Å². The monoisotopic (exact) mass is 617 g/mol. The van der Waals surface area contributed by atoms with Crippen LogP contribution in [0.25, 0.3) is 11.2 Å². The minimum Gasteiger partial charge on any atom is -0.480 e. The zero-order valence-corrected chi connectivity index (χ0v) is 22.5. The fraction of sp³-hybridized carbons (Fsp3) is 0.350. The van der Waals surface area contributed by atoms with E-state index >= 15 is 0 Å². The van der Waals surface area contributed by atoms with E-state index in [0.29, 0.717) is 5.69 Å². The zero-order chi connectivity index (χ0) is 29.8. The number of hydrogen-bond donors (Lipinski definition) is 8. The van der Waals surface area contributed by atoms with E-state index in [1.807, 2.05) is 5.32 Å². The molecule has 3 aromatic rings. The standard InChI is InChI=1S/C20H25N7O12P2/c28-13(29)6-21-10-40(33,34)39-41(35,36)37-7-12-15(30)16(31)19(38-12)27-9-24-14-17(22-8-23-18(14)27)26-20(32)25-11-4-2-1-3-5-11/h1-5,8-9,12,15-16,19,21,30-31H,6-7,10H2,(H,28,29)(H,33,34)(H,35,36)(H2,22,23,25,26,32)/t12-,15?,16+,19-/m1/s1. The molecule has 0 saturated carbocycles. The molecule has 1 aromatic carbocycles. The number of ether oxygens (including phenoxy) is 1. The van der Waals surface area contributed by atoms with Gasteiger partial charge in [0.05, 0.1) is 25.8 Å². The van der Waals surface area contributed by atoms with Crippen LogP contribution in [0, 0.1) is 0 Å². The Morgan fingerprint density at radius 2 is 1.78 bits per heavy atom. The predicted octanol–water partition coefficient (Wildman–Crippen LogP) is 0.0402. The molecule has 3 unspecified atom stereocenters. The van der Waals surface area contributed by atoms with Crippen molar-refractivity contribution in [1.82, 2.24) is 24.8 Å². The molecule has 8 N–H and O–H groups in total. The number of urea groups is 1. The van der Waals surface area contributed by atoms with Gasteiger partial charge in [-0.25, -0.2) is 28.6 Å². The summed E-state index contributed by atoms with van der Waals surface area (Å²) in [6.45, 7) is -1.57. The molecule has 0 spiro atoms. The summed E-state index contributed by atoms with van der Waals surface area (Å²) in [6, 6.07) is 8.00. The molecule has 19 nitrogen and oxygen atoms in total. The van der Waals surface area contributed by atoms with Gasteiger partial charge >= 0.3 is 27.4 Å². The van der Waals surface area contributed by atoms with Gasteiger partial charge in [0.15, 0.2) is 23.2 Å². The van der Waals surface area contributed by atoms with E-state index in [-0.39, 0.29) is 17.0 Å². The normalized spacial score (nSPS) is 23.5. The van der Waals surface area contributed by atoms with Crippen molar-refractivity contribution in [3.05, 3.63) is 43.0 Å². The Labute approximate surface area is 230 Å². The van der Waals surface area contributed by atoms with Crippen molar-refractivity contribution in [2.45, 2.75) is 24.5 Å². The summed E-state index contributed by atoms with van der Waals surface area (Å²) in [7, 11) is -10.00. The van der Waals surface area contributed by atoms with E-state index in [9.17, 15) is 38.7 Å². The summed E-state index contributed by atoms with van der Waals surface area (Å²) in [5, 5.41) is 36.8. The number of nitrogens with one attached hydrogen (secondary N) is 3. The molecule has 4 rings (SSSR count). The highest BCUT2D eigenvalue weighted by atomic mass is 31.3. The largest absolute Gasteiger partial charge is 0.480 e. The van der Waals surface area contributed by atoms with Crippen molar-refractivity contribution in [2.24, 2.45) is 0 Å². The molecule has 0 radical (unpaired) electrons. The number of aromatic nitrogens is 4. The molecule has 222 valence electrons. The fourth-order valence-electron chi connectivity index (χ4n) is 3.70. The summed E-state index contributed by atoms with van der Waals surface area (Å²) in [4.78, 5) is 54.6.